The molecule has 0 bridgehead atoms. The van der Waals surface area contributed by atoms with E-state index in [0.717, 1.165) is 6.07 Å². The van der Waals surface area contributed by atoms with Crippen LogP contribution in [0, 0.1) is 0 Å². The van der Waals surface area contributed by atoms with E-state index in [1.807, 2.05) is 0 Å². The second kappa shape index (κ2) is 4.35. The molecule has 0 aliphatic heterocycles. The van der Waals surface area contributed by atoms with Crippen molar-refractivity contribution in [1.29, 1.82) is 0 Å². The summed E-state index contributed by atoms with van der Waals surface area (Å²) < 4.78 is 38.0. The van der Waals surface area contributed by atoms with Gasteiger partial charge in [0.15, 0.2) is 5.78 Å². The smallest absolute Gasteiger partial charge is 0.294 e. The Balaban J connectivity index is 3.33. The molecule has 0 unspecified atom stereocenters. The first kappa shape index (κ1) is 12.2. The molecule has 0 N–H and O–H groups in total. The highest BCUT2D eigenvalue weighted by molar-refractivity contribution is 9.10. The lowest BCUT2D eigenvalue weighted by Gasteiger charge is -2.11. The maximum Gasteiger partial charge on any atom is 0.417 e. The maximum absolute atomic E-state index is 12.6. The average Bonchev–Trinajstić information content (AvgIpc) is 2.15. The number of hydrogen-bond donors (Lipinski definition) is 0. The maximum atomic E-state index is 12.6. The Labute approximate surface area is 93.4 Å². The Hall–Kier alpha value is -0.840. The van der Waals surface area contributed by atoms with Gasteiger partial charge in [-0.25, -0.2) is 0 Å². The van der Waals surface area contributed by atoms with Gasteiger partial charge in [-0.05, 0) is 18.2 Å². The van der Waals surface area contributed by atoms with E-state index in [2.05, 4.69) is 15.9 Å². The van der Waals surface area contributed by atoms with Crippen LogP contribution in [0.5, 0.6) is 0 Å². The molecule has 1 aromatic carbocycles. The van der Waals surface area contributed by atoms with Gasteiger partial charge in [0.1, 0.15) is 0 Å². The number of ketones is 1. The standard InChI is InChI=1S/C10H8BrF3O/c1-2-9(15)7-4-3-6(11)5-8(7)10(12,13)14/h3-5H,2H2,1H3. The predicted octanol–water partition coefficient (Wildman–Crippen LogP) is 4.06. The quantitative estimate of drug-likeness (QED) is 0.747. The van der Waals surface area contributed by atoms with E-state index >= 15 is 0 Å². The fraction of sp³-hybridized carbons (Fsp3) is 0.300. The summed E-state index contributed by atoms with van der Waals surface area (Å²) >= 11 is 2.95. The van der Waals surface area contributed by atoms with Crippen LogP contribution < -0.4 is 0 Å². The number of carbonyl (C=O) groups is 1. The minimum atomic E-state index is -4.50. The highest BCUT2D eigenvalue weighted by Gasteiger charge is 2.34. The average molecular weight is 281 g/mol. The van der Waals surface area contributed by atoms with E-state index < -0.39 is 17.5 Å². The minimum absolute atomic E-state index is 0.0602. The summed E-state index contributed by atoms with van der Waals surface area (Å²) in [6.07, 6.45) is -4.44. The first-order chi connectivity index (χ1) is 6.86. The Morgan fingerprint density at radius 3 is 2.47 bits per heavy atom. The van der Waals surface area contributed by atoms with Crippen LogP contribution in [-0.2, 0) is 6.18 Å². The highest BCUT2D eigenvalue weighted by Crippen LogP contribution is 2.34. The molecule has 0 aliphatic carbocycles. The zero-order chi connectivity index (χ0) is 11.6. The summed E-state index contributed by atoms with van der Waals surface area (Å²) in [5.74, 6) is -0.505. The normalized spacial score (nSPS) is 11.5. The largest absolute Gasteiger partial charge is 0.417 e. The topological polar surface area (TPSA) is 17.1 Å². The molecule has 82 valence electrons. The molecule has 0 saturated heterocycles. The molecular weight excluding hydrogens is 273 g/mol. The molecule has 0 spiro atoms. The number of halogens is 4. The van der Waals surface area contributed by atoms with Gasteiger partial charge >= 0.3 is 6.18 Å². The van der Waals surface area contributed by atoms with E-state index in [0.29, 0.717) is 4.47 Å². The predicted molar refractivity (Wildman–Crippen MR) is 53.8 cm³/mol. The van der Waals surface area contributed by atoms with E-state index in [-0.39, 0.29) is 12.0 Å². The number of benzene rings is 1. The number of alkyl halides is 3. The zero-order valence-corrected chi connectivity index (χ0v) is 9.45. The Morgan fingerprint density at radius 1 is 1.40 bits per heavy atom. The molecule has 1 rings (SSSR count). The van der Waals surface area contributed by atoms with Crippen molar-refractivity contribution in [1.82, 2.24) is 0 Å². The second-order valence-corrected chi connectivity index (χ2v) is 3.88. The number of hydrogen-bond acceptors (Lipinski definition) is 1. The van der Waals surface area contributed by atoms with Crippen molar-refractivity contribution in [3.05, 3.63) is 33.8 Å². The lowest BCUT2D eigenvalue weighted by molar-refractivity contribution is -0.137. The Morgan fingerprint density at radius 2 is 2.00 bits per heavy atom. The highest BCUT2D eigenvalue weighted by atomic mass is 79.9. The summed E-state index contributed by atoms with van der Waals surface area (Å²) in [4.78, 5) is 11.3. The SMILES string of the molecule is CCC(=O)c1ccc(Br)cc1C(F)(F)F. The summed E-state index contributed by atoms with van der Waals surface area (Å²) in [6.45, 7) is 1.53. The van der Waals surface area contributed by atoms with Gasteiger partial charge in [0.05, 0.1) is 5.56 Å². The first-order valence-corrected chi connectivity index (χ1v) is 5.05. The van der Waals surface area contributed by atoms with Crippen LogP contribution in [0.4, 0.5) is 13.2 Å². The number of rotatable bonds is 2. The molecule has 0 saturated carbocycles. The molecule has 1 aromatic rings. The Kier molecular flexibility index (Phi) is 3.54. The summed E-state index contributed by atoms with van der Waals surface area (Å²) in [7, 11) is 0. The lowest BCUT2D eigenvalue weighted by atomic mass is 10.0. The molecule has 0 aromatic heterocycles. The van der Waals surface area contributed by atoms with Crippen LogP contribution in [0.15, 0.2) is 22.7 Å². The van der Waals surface area contributed by atoms with E-state index in [4.69, 9.17) is 0 Å². The van der Waals surface area contributed by atoms with E-state index in [9.17, 15) is 18.0 Å². The summed E-state index contributed by atoms with van der Waals surface area (Å²) in [5, 5.41) is 0. The van der Waals surface area contributed by atoms with Gasteiger partial charge in [-0.1, -0.05) is 22.9 Å². The van der Waals surface area contributed by atoms with E-state index in [1.165, 1.54) is 19.1 Å². The fourth-order valence-corrected chi connectivity index (χ4v) is 1.55. The van der Waals surface area contributed by atoms with Crippen LogP contribution in [0.25, 0.3) is 0 Å². The second-order valence-electron chi connectivity index (χ2n) is 2.96. The van der Waals surface area contributed by atoms with Gasteiger partial charge in [0.2, 0.25) is 0 Å². The minimum Gasteiger partial charge on any atom is -0.294 e. The number of carbonyl (C=O) groups excluding carboxylic acids is 1. The third kappa shape index (κ3) is 2.81. The fourth-order valence-electron chi connectivity index (χ4n) is 1.18. The van der Waals surface area contributed by atoms with Crippen molar-refractivity contribution in [3.63, 3.8) is 0 Å². The van der Waals surface area contributed by atoms with Gasteiger partial charge in [-0.2, -0.15) is 13.2 Å². The van der Waals surface area contributed by atoms with Crippen LogP contribution in [-0.4, -0.2) is 5.78 Å². The Bertz CT molecular complexity index is 385. The van der Waals surface area contributed by atoms with Crippen LogP contribution in [0.2, 0.25) is 0 Å². The molecule has 0 aliphatic rings. The van der Waals surface area contributed by atoms with Crippen molar-refractivity contribution in [2.75, 3.05) is 0 Å². The van der Waals surface area contributed by atoms with E-state index in [1.54, 1.807) is 0 Å². The van der Waals surface area contributed by atoms with Crippen molar-refractivity contribution >= 4 is 21.7 Å². The van der Waals surface area contributed by atoms with Gasteiger partial charge in [-0.15, -0.1) is 0 Å². The monoisotopic (exact) mass is 280 g/mol. The third-order valence-corrected chi connectivity index (χ3v) is 2.40. The van der Waals surface area contributed by atoms with Gasteiger partial charge < -0.3 is 0 Å². The van der Waals surface area contributed by atoms with Crippen LogP contribution >= 0.6 is 15.9 Å². The van der Waals surface area contributed by atoms with Gasteiger partial charge in [0.25, 0.3) is 0 Å². The van der Waals surface area contributed by atoms with Crippen molar-refractivity contribution in [2.45, 2.75) is 19.5 Å². The molecule has 0 heterocycles. The third-order valence-electron chi connectivity index (χ3n) is 1.91. The van der Waals surface area contributed by atoms with Crippen molar-refractivity contribution < 1.29 is 18.0 Å². The van der Waals surface area contributed by atoms with Gasteiger partial charge in [0, 0.05) is 16.5 Å². The van der Waals surface area contributed by atoms with Gasteiger partial charge in [-0.3, -0.25) is 4.79 Å². The summed E-state index contributed by atoms with van der Waals surface area (Å²) in [6, 6.07) is 3.54. The van der Waals surface area contributed by atoms with Crippen molar-refractivity contribution in [3.8, 4) is 0 Å². The molecule has 0 radical (unpaired) electrons. The lowest BCUT2D eigenvalue weighted by Crippen LogP contribution is -2.12. The molecule has 1 nitrogen and oxygen atoms in total. The van der Waals surface area contributed by atoms with Crippen LogP contribution in [0.1, 0.15) is 29.3 Å². The molecule has 15 heavy (non-hydrogen) atoms. The number of Topliss-reactive ketones (excluding diaryl/α,β-unsaturated/α-hetero) is 1. The molecule has 0 atom stereocenters. The molecular formula is C10H8BrF3O. The zero-order valence-electron chi connectivity index (χ0n) is 7.86. The van der Waals surface area contributed by atoms with Crippen molar-refractivity contribution in [2.24, 2.45) is 0 Å². The molecule has 0 amide bonds. The van der Waals surface area contributed by atoms with Crippen LogP contribution in [0.3, 0.4) is 0 Å². The molecule has 0 fully saturated rings. The summed E-state index contributed by atoms with van der Waals surface area (Å²) in [5.41, 5.74) is -1.16. The molecule has 5 heteroatoms. The first-order valence-electron chi connectivity index (χ1n) is 4.26.